The number of imidazole rings is 1. The van der Waals surface area contributed by atoms with Gasteiger partial charge >= 0.3 is 0 Å². The highest BCUT2D eigenvalue weighted by Gasteiger charge is 2.27. The Labute approximate surface area is 108 Å². The van der Waals surface area contributed by atoms with Gasteiger partial charge < -0.3 is 15.6 Å². The number of carbonyl (C=O) groups excluding carboxylic acids is 1. The summed E-state index contributed by atoms with van der Waals surface area (Å²) < 4.78 is 2.12. The number of primary amides is 1. The van der Waals surface area contributed by atoms with Crippen LogP contribution in [-0.2, 0) is 17.8 Å². The zero-order valence-electron chi connectivity index (χ0n) is 10.9. The molecule has 5 heteroatoms. The predicted molar refractivity (Wildman–Crippen MR) is 70.0 cm³/mol. The molecule has 1 atom stereocenters. The van der Waals surface area contributed by atoms with Crippen molar-refractivity contribution >= 4 is 5.91 Å². The van der Waals surface area contributed by atoms with Gasteiger partial charge in [0.1, 0.15) is 5.82 Å². The number of hydrogen-bond acceptors (Lipinski definition) is 3. The highest BCUT2D eigenvalue weighted by atomic mass is 16.1. The normalized spacial score (nSPS) is 16.7. The maximum atomic E-state index is 11.4. The van der Waals surface area contributed by atoms with Crippen molar-refractivity contribution < 1.29 is 4.79 Å². The van der Waals surface area contributed by atoms with Crippen molar-refractivity contribution in [3.8, 4) is 0 Å². The van der Waals surface area contributed by atoms with E-state index in [4.69, 9.17) is 5.73 Å². The van der Waals surface area contributed by atoms with Gasteiger partial charge in [0.05, 0.1) is 6.04 Å². The number of nitrogens with two attached hydrogens (primary N) is 1. The number of rotatable bonds is 8. The molecule has 1 aliphatic rings. The van der Waals surface area contributed by atoms with Gasteiger partial charge in [-0.15, -0.1) is 0 Å². The lowest BCUT2D eigenvalue weighted by molar-refractivity contribution is -0.120. The van der Waals surface area contributed by atoms with Crippen LogP contribution in [0.25, 0.3) is 0 Å². The number of carbonyl (C=O) groups is 1. The Morgan fingerprint density at radius 1 is 1.67 bits per heavy atom. The second-order valence-corrected chi connectivity index (χ2v) is 4.97. The first-order valence-electron chi connectivity index (χ1n) is 6.76. The number of hydrogen-bond donors (Lipinski definition) is 2. The van der Waals surface area contributed by atoms with Crippen LogP contribution < -0.4 is 11.1 Å². The van der Waals surface area contributed by atoms with Gasteiger partial charge in [-0.25, -0.2) is 4.98 Å². The maximum absolute atomic E-state index is 11.4. The molecule has 0 bridgehead atoms. The molecule has 0 spiro atoms. The number of aromatic nitrogens is 2. The summed E-state index contributed by atoms with van der Waals surface area (Å²) in [6, 6.07) is 0.287. The van der Waals surface area contributed by atoms with Crippen molar-refractivity contribution in [1.82, 2.24) is 14.9 Å². The molecule has 5 nitrogen and oxygen atoms in total. The number of nitrogens with zero attached hydrogens (tertiary/aromatic N) is 2. The summed E-state index contributed by atoms with van der Waals surface area (Å²) in [5.41, 5.74) is 5.42. The van der Waals surface area contributed by atoms with Crippen LogP contribution in [0.15, 0.2) is 12.4 Å². The summed E-state index contributed by atoms with van der Waals surface area (Å²) in [5.74, 6) is 0.839. The predicted octanol–water partition coefficient (Wildman–Crippen LogP) is 0.832. The molecule has 100 valence electrons. The van der Waals surface area contributed by atoms with Gasteiger partial charge in [-0.3, -0.25) is 4.79 Å². The number of aryl methyl sites for hydroxylation is 2. The standard InChI is InChI=1S/C13H22N4O/c1-2-3-12-15-7-9-17(12)8-6-11(13(14)18)16-10-4-5-10/h7,9-11,16H,2-6,8H2,1H3,(H2,14,18). The summed E-state index contributed by atoms with van der Waals surface area (Å²) in [4.78, 5) is 15.7. The molecular weight excluding hydrogens is 228 g/mol. The minimum atomic E-state index is -0.251. The molecule has 1 heterocycles. The first-order valence-corrected chi connectivity index (χ1v) is 6.76. The average Bonchev–Trinajstić information content (AvgIpc) is 3.05. The van der Waals surface area contributed by atoms with E-state index in [1.165, 1.54) is 0 Å². The average molecular weight is 250 g/mol. The molecule has 1 aliphatic carbocycles. The van der Waals surface area contributed by atoms with E-state index in [-0.39, 0.29) is 11.9 Å². The summed E-state index contributed by atoms with van der Waals surface area (Å²) in [5, 5.41) is 3.30. The lowest BCUT2D eigenvalue weighted by atomic mass is 10.2. The molecule has 3 N–H and O–H groups in total. The first kappa shape index (κ1) is 13.1. The monoisotopic (exact) mass is 250 g/mol. The van der Waals surface area contributed by atoms with Crippen molar-refractivity contribution in [2.75, 3.05) is 0 Å². The Morgan fingerprint density at radius 3 is 3.06 bits per heavy atom. The fourth-order valence-electron chi connectivity index (χ4n) is 2.11. The van der Waals surface area contributed by atoms with Gasteiger partial charge in [0, 0.05) is 31.4 Å². The molecule has 0 aliphatic heterocycles. The summed E-state index contributed by atoms with van der Waals surface area (Å²) in [7, 11) is 0. The molecule has 0 radical (unpaired) electrons. The summed E-state index contributed by atoms with van der Waals surface area (Å²) in [6.07, 6.45) is 8.91. The zero-order chi connectivity index (χ0) is 13.0. The van der Waals surface area contributed by atoms with Crippen molar-refractivity contribution in [2.45, 2.75) is 57.7 Å². The highest BCUT2D eigenvalue weighted by molar-refractivity contribution is 5.79. The van der Waals surface area contributed by atoms with Crippen LogP contribution in [-0.4, -0.2) is 27.5 Å². The third-order valence-corrected chi connectivity index (χ3v) is 3.29. The first-order chi connectivity index (χ1) is 8.70. The van der Waals surface area contributed by atoms with Crippen molar-refractivity contribution in [3.63, 3.8) is 0 Å². The molecule has 1 saturated carbocycles. The van der Waals surface area contributed by atoms with Gasteiger partial charge in [-0.05, 0) is 25.7 Å². The van der Waals surface area contributed by atoms with Gasteiger partial charge in [0.15, 0.2) is 0 Å². The largest absolute Gasteiger partial charge is 0.368 e. The van der Waals surface area contributed by atoms with Gasteiger partial charge in [0.25, 0.3) is 0 Å². The fraction of sp³-hybridized carbons (Fsp3) is 0.692. The quantitative estimate of drug-likeness (QED) is 0.718. The molecular formula is C13H22N4O. The molecule has 1 amide bonds. The fourth-order valence-corrected chi connectivity index (χ4v) is 2.11. The van der Waals surface area contributed by atoms with Crippen molar-refractivity contribution in [1.29, 1.82) is 0 Å². The molecule has 1 fully saturated rings. The van der Waals surface area contributed by atoms with E-state index in [9.17, 15) is 4.79 Å². The van der Waals surface area contributed by atoms with E-state index in [0.717, 1.165) is 44.5 Å². The van der Waals surface area contributed by atoms with E-state index in [1.54, 1.807) is 0 Å². The second kappa shape index (κ2) is 6.00. The maximum Gasteiger partial charge on any atom is 0.234 e. The molecule has 0 saturated heterocycles. The van der Waals surface area contributed by atoms with Crippen LogP contribution in [0.4, 0.5) is 0 Å². The topological polar surface area (TPSA) is 72.9 Å². The molecule has 0 aromatic carbocycles. The Bertz CT molecular complexity index is 397. The Kier molecular flexibility index (Phi) is 4.36. The highest BCUT2D eigenvalue weighted by Crippen LogP contribution is 2.20. The smallest absolute Gasteiger partial charge is 0.234 e. The van der Waals surface area contributed by atoms with Crippen LogP contribution in [0.5, 0.6) is 0 Å². The van der Waals surface area contributed by atoms with Gasteiger partial charge in [-0.1, -0.05) is 6.92 Å². The van der Waals surface area contributed by atoms with Gasteiger partial charge in [0.2, 0.25) is 5.91 Å². The van der Waals surface area contributed by atoms with Crippen LogP contribution in [0.3, 0.4) is 0 Å². The number of nitrogens with one attached hydrogen (secondary N) is 1. The molecule has 1 unspecified atom stereocenters. The minimum Gasteiger partial charge on any atom is -0.368 e. The number of amides is 1. The van der Waals surface area contributed by atoms with Crippen LogP contribution in [0.1, 0.15) is 38.4 Å². The molecule has 1 aromatic rings. The molecule has 18 heavy (non-hydrogen) atoms. The van der Waals surface area contributed by atoms with Gasteiger partial charge in [-0.2, -0.15) is 0 Å². The van der Waals surface area contributed by atoms with E-state index in [1.807, 2.05) is 12.4 Å². The lowest BCUT2D eigenvalue weighted by Gasteiger charge is -2.16. The van der Waals surface area contributed by atoms with E-state index >= 15 is 0 Å². The van der Waals surface area contributed by atoms with E-state index in [2.05, 4.69) is 21.8 Å². The Hall–Kier alpha value is -1.36. The third kappa shape index (κ3) is 3.57. The van der Waals surface area contributed by atoms with E-state index in [0.29, 0.717) is 6.04 Å². The molecule has 1 aromatic heterocycles. The Morgan fingerprint density at radius 2 is 2.44 bits per heavy atom. The SMILES string of the molecule is CCCc1nccn1CCC(NC1CC1)C(N)=O. The van der Waals surface area contributed by atoms with Crippen LogP contribution in [0, 0.1) is 0 Å². The third-order valence-electron chi connectivity index (χ3n) is 3.29. The summed E-state index contributed by atoms with van der Waals surface area (Å²) in [6.45, 7) is 2.93. The molecule has 2 rings (SSSR count). The van der Waals surface area contributed by atoms with Crippen molar-refractivity contribution in [2.24, 2.45) is 5.73 Å². The summed E-state index contributed by atoms with van der Waals surface area (Å²) >= 11 is 0. The second-order valence-electron chi connectivity index (χ2n) is 4.97. The zero-order valence-corrected chi connectivity index (χ0v) is 10.9. The van der Waals surface area contributed by atoms with Crippen LogP contribution >= 0.6 is 0 Å². The van der Waals surface area contributed by atoms with Crippen molar-refractivity contribution in [3.05, 3.63) is 18.2 Å². The van der Waals surface area contributed by atoms with Crippen LogP contribution in [0.2, 0.25) is 0 Å². The van der Waals surface area contributed by atoms with E-state index < -0.39 is 0 Å². The minimum absolute atomic E-state index is 0.214. The Balaban J connectivity index is 1.87. The lowest BCUT2D eigenvalue weighted by Crippen LogP contribution is -2.43.